The number of hydrogen-bond donors (Lipinski definition) is 2. The Morgan fingerprint density at radius 1 is 1.07 bits per heavy atom. The van der Waals surface area contributed by atoms with Gasteiger partial charge in [0.2, 0.25) is 0 Å². The molecule has 7 nitrogen and oxygen atoms in total. The molecule has 164 valence electrons. The first kappa shape index (κ1) is 22.2. The summed E-state index contributed by atoms with van der Waals surface area (Å²) in [6, 6.07) is 10.7. The molecule has 0 saturated carbocycles. The van der Waals surface area contributed by atoms with E-state index >= 15 is 0 Å². The second kappa shape index (κ2) is 11.0. The zero-order chi connectivity index (χ0) is 21.3. The van der Waals surface area contributed by atoms with Crippen LogP contribution in [0.2, 0.25) is 0 Å². The van der Waals surface area contributed by atoms with Crippen LogP contribution < -0.4 is 15.5 Å². The molecule has 0 radical (unpaired) electrons. The van der Waals surface area contributed by atoms with Gasteiger partial charge >= 0.3 is 0 Å². The van der Waals surface area contributed by atoms with Gasteiger partial charge < -0.3 is 15.5 Å². The van der Waals surface area contributed by atoms with Crippen molar-refractivity contribution in [1.82, 2.24) is 25.3 Å². The van der Waals surface area contributed by atoms with Crippen molar-refractivity contribution in [3.05, 3.63) is 47.3 Å². The zero-order valence-corrected chi connectivity index (χ0v) is 19.0. The van der Waals surface area contributed by atoms with Gasteiger partial charge in [-0.05, 0) is 45.9 Å². The smallest absolute Gasteiger partial charge is 0.191 e. The van der Waals surface area contributed by atoms with E-state index in [2.05, 4.69) is 76.6 Å². The van der Waals surface area contributed by atoms with Crippen molar-refractivity contribution in [3.63, 3.8) is 0 Å². The summed E-state index contributed by atoms with van der Waals surface area (Å²) in [5, 5.41) is 11.3. The van der Waals surface area contributed by atoms with Crippen molar-refractivity contribution in [3.8, 4) is 0 Å². The minimum absolute atomic E-state index is 0.655. The topological polar surface area (TPSA) is 60.7 Å². The lowest BCUT2D eigenvalue weighted by atomic mass is 10.2. The number of benzene rings is 1. The Labute approximate surface area is 181 Å². The van der Waals surface area contributed by atoms with Crippen molar-refractivity contribution in [2.24, 2.45) is 12.0 Å². The number of hydrogen-bond acceptors (Lipinski definition) is 4. The average Bonchev–Trinajstić information content (AvgIpc) is 3.01. The number of aliphatic imine (C=N–C) groups is 1. The van der Waals surface area contributed by atoms with Crippen molar-refractivity contribution < 1.29 is 0 Å². The Morgan fingerprint density at radius 3 is 2.43 bits per heavy atom. The molecule has 0 amide bonds. The molecule has 1 aliphatic rings. The summed E-state index contributed by atoms with van der Waals surface area (Å²) in [5.41, 5.74) is 4.79. The van der Waals surface area contributed by atoms with Crippen LogP contribution in [0.3, 0.4) is 0 Å². The maximum Gasteiger partial charge on any atom is 0.191 e. The minimum Gasteiger partial charge on any atom is -0.369 e. The van der Waals surface area contributed by atoms with Crippen LogP contribution in [0.1, 0.15) is 30.3 Å². The first-order valence-corrected chi connectivity index (χ1v) is 11.1. The fraction of sp³-hybridized carbons (Fsp3) is 0.565. The zero-order valence-electron chi connectivity index (χ0n) is 19.0. The summed E-state index contributed by atoms with van der Waals surface area (Å²) in [5.74, 6) is 0.883. The van der Waals surface area contributed by atoms with Crippen molar-refractivity contribution >= 4 is 11.6 Å². The molecule has 0 aliphatic carbocycles. The van der Waals surface area contributed by atoms with E-state index in [1.54, 1.807) is 0 Å². The summed E-state index contributed by atoms with van der Waals surface area (Å²) in [6.45, 7) is 14.3. The lowest BCUT2D eigenvalue weighted by Gasteiger charge is -2.36. The van der Waals surface area contributed by atoms with Gasteiger partial charge in [-0.2, -0.15) is 5.10 Å². The first-order chi connectivity index (χ1) is 14.6. The largest absolute Gasteiger partial charge is 0.369 e. The highest BCUT2D eigenvalue weighted by Crippen LogP contribution is 2.15. The van der Waals surface area contributed by atoms with Crippen LogP contribution in [0.5, 0.6) is 0 Å². The van der Waals surface area contributed by atoms with Crippen molar-refractivity contribution in [1.29, 1.82) is 0 Å². The fourth-order valence-electron chi connectivity index (χ4n) is 3.92. The lowest BCUT2D eigenvalue weighted by Crippen LogP contribution is -2.47. The van der Waals surface area contributed by atoms with E-state index in [-0.39, 0.29) is 0 Å². The van der Waals surface area contributed by atoms with Crippen molar-refractivity contribution in [2.45, 2.75) is 33.7 Å². The van der Waals surface area contributed by atoms with Gasteiger partial charge in [0, 0.05) is 63.3 Å². The summed E-state index contributed by atoms with van der Waals surface area (Å²) >= 11 is 0. The van der Waals surface area contributed by atoms with Crippen LogP contribution in [0.4, 0.5) is 5.69 Å². The van der Waals surface area contributed by atoms with Crippen LogP contribution >= 0.6 is 0 Å². The third-order valence-corrected chi connectivity index (χ3v) is 5.84. The molecule has 1 aromatic carbocycles. The van der Waals surface area contributed by atoms with E-state index in [0.717, 1.165) is 63.9 Å². The summed E-state index contributed by atoms with van der Waals surface area (Å²) < 4.78 is 1.93. The first-order valence-electron chi connectivity index (χ1n) is 11.1. The van der Waals surface area contributed by atoms with Crippen LogP contribution in [-0.2, 0) is 13.6 Å². The van der Waals surface area contributed by atoms with E-state index in [4.69, 9.17) is 4.99 Å². The molecule has 0 spiro atoms. The molecule has 0 unspecified atom stereocenters. The molecule has 7 heteroatoms. The molecule has 3 rings (SSSR count). The normalized spacial score (nSPS) is 15.5. The number of para-hydroxylation sites is 1. The van der Waals surface area contributed by atoms with Gasteiger partial charge in [-0.25, -0.2) is 4.99 Å². The van der Waals surface area contributed by atoms with Crippen LogP contribution in [0, 0.1) is 13.8 Å². The molecular formula is C23H37N7. The number of anilines is 1. The second-order valence-corrected chi connectivity index (χ2v) is 7.91. The monoisotopic (exact) mass is 411 g/mol. The van der Waals surface area contributed by atoms with Gasteiger partial charge in [0.05, 0.1) is 12.2 Å². The third-order valence-electron chi connectivity index (χ3n) is 5.84. The van der Waals surface area contributed by atoms with Gasteiger partial charge in [0.1, 0.15) is 0 Å². The lowest BCUT2D eigenvalue weighted by molar-refractivity contribution is 0.255. The number of nitrogens with zero attached hydrogens (tertiary/aromatic N) is 5. The minimum atomic E-state index is 0.655. The Kier molecular flexibility index (Phi) is 8.13. The summed E-state index contributed by atoms with van der Waals surface area (Å²) in [7, 11) is 1.98. The van der Waals surface area contributed by atoms with Gasteiger partial charge in [-0.3, -0.25) is 9.58 Å². The SMILES string of the molecule is CCNC(=NCc1c(C)nn(C)c1C)NCCCN1CCN(c2ccccc2)CC1. The summed E-state index contributed by atoms with van der Waals surface area (Å²) in [4.78, 5) is 9.81. The predicted molar refractivity (Wildman–Crippen MR) is 125 cm³/mol. The number of rotatable bonds is 8. The number of guanidine groups is 1. The maximum atomic E-state index is 4.77. The highest BCUT2D eigenvalue weighted by atomic mass is 15.3. The molecule has 1 aromatic heterocycles. The molecular weight excluding hydrogens is 374 g/mol. The molecule has 2 heterocycles. The number of piperazine rings is 1. The average molecular weight is 412 g/mol. The fourth-order valence-corrected chi connectivity index (χ4v) is 3.92. The van der Waals surface area contributed by atoms with Gasteiger partial charge in [0.25, 0.3) is 0 Å². The molecule has 2 N–H and O–H groups in total. The standard InChI is InChI=1S/C23H37N7/c1-5-24-23(26-18-22-19(2)27-28(4)20(22)3)25-12-9-13-29-14-16-30(17-15-29)21-10-7-6-8-11-21/h6-8,10-11H,5,9,12-18H2,1-4H3,(H2,24,25,26). The number of aromatic nitrogens is 2. The quantitative estimate of drug-likeness (QED) is 0.397. The molecule has 1 aliphatic heterocycles. The van der Waals surface area contributed by atoms with Gasteiger partial charge in [-0.1, -0.05) is 18.2 Å². The Bertz CT molecular complexity index is 804. The molecule has 1 fully saturated rings. The van der Waals surface area contributed by atoms with E-state index in [0.29, 0.717) is 6.54 Å². The molecule has 30 heavy (non-hydrogen) atoms. The second-order valence-electron chi connectivity index (χ2n) is 7.91. The van der Waals surface area contributed by atoms with Crippen molar-refractivity contribution in [2.75, 3.05) is 50.7 Å². The van der Waals surface area contributed by atoms with Gasteiger partial charge in [0.15, 0.2) is 5.96 Å². The third kappa shape index (κ3) is 5.98. The summed E-state index contributed by atoms with van der Waals surface area (Å²) in [6.07, 6.45) is 1.11. The van der Waals surface area contributed by atoms with E-state index < -0.39 is 0 Å². The van der Waals surface area contributed by atoms with E-state index in [1.165, 1.54) is 16.9 Å². The van der Waals surface area contributed by atoms with Gasteiger partial charge in [-0.15, -0.1) is 0 Å². The molecule has 2 aromatic rings. The van der Waals surface area contributed by atoms with Crippen LogP contribution in [-0.4, -0.2) is 66.5 Å². The number of nitrogens with one attached hydrogen (secondary N) is 2. The predicted octanol–water partition coefficient (Wildman–Crippen LogP) is 2.30. The molecule has 0 atom stereocenters. The Hall–Kier alpha value is -2.54. The van der Waals surface area contributed by atoms with E-state index in [9.17, 15) is 0 Å². The Morgan fingerprint density at radius 2 is 1.80 bits per heavy atom. The molecule has 1 saturated heterocycles. The number of aryl methyl sites for hydroxylation is 2. The highest BCUT2D eigenvalue weighted by molar-refractivity contribution is 5.79. The van der Waals surface area contributed by atoms with Crippen LogP contribution in [0.15, 0.2) is 35.3 Å². The van der Waals surface area contributed by atoms with Crippen LogP contribution in [0.25, 0.3) is 0 Å². The maximum absolute atomic E-state index is 4.77. The molecule has 0 bridgehead atoms. The highest BCUT2D eigenvalue weighted by Gasteiger charge is 2.16. The Balaban J connectivity index is 1.40. The van der Waals surface area contributed by atoms with E-state index in [1.807, 2.05) is 11.7 Å².